The molecule has 7 heteroatoms. The van der Waals surface area contributed by atoms with Gasteiger partial charge in [0.1, 0.15) is 5.75 Å². The molecule has 0 atom stereocenters. The summed E-state index contributed by atoms with van der Waals surface area (Å²) < 4.78 is 41.4. The first kappa shape index (κ1) is 21.9. The van der Waals surface area contributed by atoms with Crippen molar-refractivity contribution in [3.63, 3.8) is 0 Å². The van der Waals surface area contributed by atoms with Crippen LogP contribution in [0.3, 0.4) is 0 Å². The second kappa shape index (κ2) is 12.3. The quantitative estimate of drug-likeness (QED) is 0.315. The normalized spacial score (nSPS) is 11.0. The SMILES string of the molecule is Cl.NNc1ccc(OCCCCCCCCCC(F)(F)F)cc1. The number of alkyl halides is 3. The average molecular weight is 355 g/mol. The van der Waals surface area contributed by atoms with Crippen LogP contribution in [0.2, 0.25) is 0 Å². The largest absolute Gasteiger partial charge is 0.494 e. The molecule has 0 radical (unpaired) electrons. The van der Waals surface area contributed by atoms with E-state index in [2.05, 4.69) is 5.43 Å². The zero-order valence-electron chi connectivity index (χ0n) is 13.2. The van der Waals surface area contributed by atoms with Gasteiger partial charge in [-0.05, 0) is 37.1 Å². The van der Waals surface area contributed by atoms with Gasteiger partial charge in [0, 0.05) is 12.1 Å². The highest BCUT2D eigenvalue weighted by molar-refractivity contribution is 5.85. The van der Waals surface area contributed by atoms with E-state index < -0.39 is 12.6 Å². The van der Waals surface area contributed by atoms with E-state index >= 15 is 0 Å². The summed E-state index contributed by atoms with van der Waals surface area (Å²) in [5.74, 6) is 6.08. The van der Waals surface area contributed by atoms with Gasteiger partial charge in [-0.3, -0.25) is 5.84 Å². The van der Waals surface area contributed by atoms with Gasteiger partial charge < -0.3 is 10.2 Å². The Morgan fingerprint density at radius 2 is 1.39 bits per heavy atom. The van der Waals surface area contributed by atoms with Gasteiger partial charge in [-0.15, -0.1) is 12.4 Å². The van der Waals surface area contributed by atoms with Crippen LogP contribution in [0.1, 0.15) is 51.4 Å². The van der Waals surface area contributed by atoms with E-state index in [4.69, 9.17) is 10.6 Å². The molecule has 0 saturated heterocycles. The van der Waals surface area contributed by atoms with E-state index in [1.54, 1.807) is 0 Å². The molecule has 1 aromatic carbocycles. The minimum atomic E-state index is -4.00. The summed E-state index contributed by atoms with van der Waals surface area (Å²) in [6.45, 7) is 0.656. The lowest BCUT2D eigenvalue weighted by Crippen LogP contribution is -2.06. The molecule has 0 aliphatic heterocycles. The number of hydrazine groups is 1. The highest BCUT2D eigenvalue weighted by Crippen LogP contribution is 2.23. The molecule has 1 rings (SSSR count). The molecular weight excluding hydrogens is 329 g/mol. The molecule has 3 nitrogen and oxygen atoms in total. The Balaban J connectivity index is 0.00000484. The number of halogens is 4. The highest BCUT2D eigenvalue weighted by Gasteiger charge is 2.25. The van der Waals surface area contributed by atoms with Gasteiger partial charge in [0.25, 0.3) is 0 Å². The van der Waals surface area contributed by atoms with Crippen molar-refractivity contribution in [3.8, 4) is 5.75 Å². The molecule has 0 heterocycles. The number of ether oxygens (including phenoxy) is 1. The monoisotopic (exact) mass is 354 g/mol. The van der Waals surface area contributed by atoms with Gasteiger partial charge in [0.05, 0.1) is 6.61 Å². The molecule has 23 heavy (non-hydrogen) atoms. The fourth-order valence-corrected chi connectivity index (χ4v) is 2.15. The van der Waals surface area contributed by atoms with Crippen molar-refractivity contribution in [2.45, 2.75) is 57.5 Å². The van der Waals surface area contributed by atoms with Crippen molar-refractivity contribution in [2.75, 3.05) is 12.0 Å². The standard InChI is InChI=1S/C16H25F3N2O.ClH/c17-16(18,19)12-6-4-2-1-3-5-7-13-22-15-10-8-14(21-20)9-11-15;/h8-11,21H,1-7,12-13,20H2;1H. The number of anilines is 1. The van der Waals surface area contributed by atoms with E-state index in [1.165, 1.54) is 0 Å². The van der Waals surface area contributed by atoms with E-state index in [-0.39, 0.29) is 18.8 Å². The summed E-state index contributed by atoms with van der Waals surface area (Å²) in [6.07, 6.45) is 1.18. The lowest BCUT2D eigenvalue weighted by atomic mass is 10.1. The van der Waals surface area contributed by atoms with Crippen molar-refractivity contribution in [3.05, 3.63) is 24.3 Å². The average Bonchev–Trinajstić information content (AvgIpc) is 2.48. The van der Waals surface area contributed by atoms with Gasteiger partial charge in [-0.2, -0.15) is 13.2 Å². The number of hydrogen-bond acceptors (Lipinski definition) is 3. The summed E-state index contributed by atoms with van der Waals surface area (Å²) in [7, 11) is 0. The van der Waals surface area contributed by atoms with Crippen molar-refractivity contribution < 1.29 is 17.9 Å². The molecular formula is C16H26ClF3N2O. The summed E-state index contributed by atoms with van der Waals surface area (Å²) in [6, 6.07) is 7.40. The first-order valence-corrected chi connectivity index (χ1v) is 7.77. The fraction of sp³-hybridized carbons (Fsp3) is 0.625. The predicted molar refractivity (Wildman–Crippen MR) is 90.0 cm³/mol. The molecule has 0 aliphatic rings. The molecule has 3 N–H and O–H groups in total. The van der Waals surface area contributed by atoms with Gasteiger partial charge in [-0.1, -0.05) is 32.1 Å². The minimum Gasteiger partial charge on any atom is -0.494 e. The molecule has 1 aromatic rings. The number of nitrogens with two attached hydrogens (primary N) is 1. The zero-order valence-corrected chi connectivity index (χ0v) is 14.0. The van der Waals surface area contributed by atoms with Crippen molar-refractivity contribution in [1.82, 2.24) is 0 Å². The fourth-order valence-electron chi connectivity index (χ4n) is 2.15. The first-order valence-electron chi connectivity index (χ1n) is 7.77. The van der Waals surface area contributed by atoms with Crippen LogP contribution in [-0.4, -0.2) is 12.8 Å². The van der Waals surface area contributed by atoms with Crippen LogP contribution >= 0.6 is 12.4 Å². The van der Waals surface area contributed by atoms with Crippen LogP contribution in [0.25, 0.3) is 0 Å². The molecule has 134 valence electrons. The predicted octanol–water partition coefficient (Wildman–Crippen LogP) is 5.46. The maximum Gasteiger partial charge on any atom is 0.389 e. The van der Waals surface area contributed by atoms with Gasteiger partial charge in [-0.25, -0.2) is 0 Å². The van der Waals surface area contributed by atoms with E-state index in [0.29, 0.717) is 13.0 Å². The Bertz CT molecular complexity index is 399. The molecule has 0 spiro atoms. The van der Waals surface area contributed by atoms with Crippen LogP contribution in [0.5, 0.6) is 5.75 Å². The van der Waals surface area contributed by atoms with E-state index in [0.717, 1.165) is 43.5 Å². The Morgan fingerprint density at radius 3 is 1.91 bits per heavy atom. The molecule has 0 fully saturated rings. The minimum absolute atomic E-state index is 0. The third kappa shape index (κ3) is 12.0. The number of rotatable bonds is 11. The van der Waals surface area contributed by atoms with Crippen LogP contribution in [-0.2, 0) is 0 Å². The topological polar surface area (TPSA) is 47.3 Å². The van der Waals surface area contributed by atoms with Gasteiger partial charge >= 0.3 is 6.18 Å². The van der Waals surface area contributed by atoms with E-state index in [9.17, 15) is 13.2 Å². The summed E-state index contributed by atoms with van der Waals surface area (Å²) >= 11 is 0. The summed E-state index contributed by atoms with van der Waals surface area (Å²) in [5.41, 5.74) is 3.38. The van der Waals surface area contributed by atoms with Crippen LogP contribution in [0.15, 0.2) is 24.3 Å². The number of nitrogen functional groups attached to an aromatic ring is 1. The van der Waals surface area contributed by atoms with Crippen LogP contribution in [0, 0.1) is 0 Å². The third-order valence-electron chi connectivity index (χ3n) is 3.39. The molecule has 0 bridgehead atoms. The van der Waals surface area contributed by atoms with Gasteiger partial charge in [0.15, 0.2) is 0 Å². The number of unbranched alkanes of at least 4 members (excludes halogenated alkanes) is 6. The Hall–Kier alpha value is -1.14. The van der Waals surface area contributed by atoms with Crippen molar-refractivity contribution in [1.29, 1.82) is 0 Å². The van der Waals surface area contributed by atoms with Gasteiger partial charge in [0.2, 0.25) is 0 Å². The Kier molecular flexibility index (Phi) is 11.7. The second-order valence-corrected chi connectivity index (χ2v) is 5.36. The van der Waals surface area contributed by atoms with E-state index in [1.807, 2.05) is 24.3 Å². The lowest BCUT2D eigenvalue weighted by Gasteiger charge is -2.07. The summed E-state index contributed by atoms with van der Waals surface area (Å²) in [5, 5.41) is 0. The maximum atomic E-state index is 11.9. The van der Waals surface area contributed by atoms with Crippen molar-refractivity contribution >= 4 is 18.1 Å². The number of nitrogens with one attached hydrogen (secondary N) is 1. The maximum absolute atomic E-state index is 11.9. The van der Waals surface area contributed by atoms with Crippen molar-refractivity contribution in [2.24, 2.45) is 5.84 Å². The van der Waals surface area contributed by atoms with Crippen LogP contribution in [0.4, 0.5) is 18.9 Å². The smallest absolute Gasteiger partial charge is 0.389 e. The number of benzene rings is 1. The Labute approximate surface area is 142 Å². The molecule has 0 aromatic heterocycles. The summed E-state index contributed by atoms with van der Waals surface area (Å²) in [4.78, 5) is 0. The lowest BCUT2D eigenvalue weighted by molar-refractivity contribution is -0.135. The molecule has 0 aliphatic carbocycles. The number of hydrogen-bond donors (Lipinski definition) is 2. The Morgan fingerprint density at radius 1 is 0.870 bits per heavy atom. The van der Waals surface area contributed by atoms with Crippen LogP contribution < -0.4 is 16.0 Å². The molecule has 0 amide bonds. The molecule has 0 unspecified atom stereocenters. The molecule has 0 saturated carbocycles. The third-order valence-corrected chi connectivity index (χ3v) is 3.39. The zero-order chi connectivity index (χ0) is 16.3. The highest BCUT2D eigenvalue weighted by atomic mass is 35.5. The second-order valence-electron chi connectivity index (χ2n) is 5.36. The first-order chi connectivity index (χ1) is 10.5.